The van der Waals surface area contributed by atoms with E-state index in [4.69, 9.17) is 11.5 Å². The highest BCUT2D eigenvalue weighted by molar-refractivity contribution is 5.93. The summed E-state index contributed by atoms with van der Waals surface area (Å²) in [6.45, 7) is 2.24. The van der Waals surface area contributed by atoms with Crippen LogP contribution in [-0.4, -0.2) is 0 Å². The van der Waals surface area contributed by atoms with Crippen LogP contribution in [0.25, 0.3) is 49.0 Å². The van der Waals surface area contributed by atoms with Crippen LogP contribution < -0.4 is 11.5 Å². The number of nitrogens with two attached hydrogens (primary N) is 2. The Balaban J connectivity index is 1.11. The summed E-state index contributed by atoms with van der Waals surface area (Å²) in [5.41, 5.74) is 27.6. The SMILES string of the molecule is Cc1ccccc1C(C1=CC=C(c2ccc3ccccc3c2)CC1)c1ccc(C(N)(c2ccc(-c3ccc4ccccc4c3)cc2)c2ccccc2N)c2ccccc12. The quantitative estimate of drug-likeness (QED) is 0.120. The topological polar surface area (TPSA) is 52.0 Å². The standard InChI is InChI=1S/C57H46N2/c1-38-12-2-7-17-49(38)56(43-26-22-41(23-27-43)46-28-24-39-13-3-5-15-44(39)36-46)52-34-35-53(51-19-9-8-18-50(51)52)57(59,54-20-10-11-21-55(54)58)48-32-30-42(31-33-48)47-29-25-40-14-4-6-16-45(40)37-47/h2-22,24-26,28-37,56H,23,27,58-59H2,1H3. The molecule has 1 aliphatic carbocycles. The lowest BCUT2D eigenvalue weighted by Gasteiger charge is -2.35. The molecule has 1 aliphatic rings. The summed E-state index contributed by atoms with van der Waals surface area (Å²) >= 11 is 0. The summed E-state index contributed by atoms with van der Waals surface area (Å²) in [7, 11) is 0. The maximum absolute atomic E-state index is 7.90. The van der Waals surface area contributed by atoms with Crippen LogP contribution in [0.5, 0.6) is 0 Å². The molecule has 0 radical (unpaired) electrons. The molecular weight excluding hydrogens is 713 g/mol. The van der Waals surface area contributed by atoms with Crippen molar-refractivity contribution in [2.24, 2.45) is 5.73 Å². The van der Waals surface area contributed by atoms with Crippen molar-refractivity contribution < 1.29 is 0 Å². The molecule has 2 nitrogen and oxygen atoms in total. The molecule has 2 atom stereocenters. The van der Waals surface area contributed by atoms with Crippen molar-refractivity contribution in [1.82, 2.24) is 0 Å². The van der Waals surface area contributed by atoms with Crippen molar-refractivity contribution in [1.29, 1.82) is 0 Å². The van der Waals surface area contributed by atoms with Crippen LogP contribution in [0.3, 0.4) is 0 Å². The molecule has 59 heavy (non-hydrogen) atoms. The lowest BCUT2D eigenvalue weighted by Crippen LogP contribution is -2.40. The molecule has 0 amide bonds. The number of nitrogen functional groups attached to an aromatic ring is 1. The van der Waals surface area contributed by atoms with Crippen LogP contribution in [0.4, 0.5) is 5.69 Å². The normalized spacial score (nSPS) is 14.5. The summed E-state index contributed by atoms with van der Waals surface area (Å²) in [5.74, 6) is 0.0692. The number of hydrogen-bond acceptors (Lipinski definition) is 2. The predicted octanol–water partition coefficient (Wildman–Crippen LogP) is 13.9. The van der Waals surface area contributed by atoms with Gasteiger partial charge in [-0.3, -0.25) is 0 Å². The molecule has 0 aliphatic heterocycles. The van der Waals surface area contributed by atoms with Crippen LogP contribution in [0.15, 0.2) is 212 Å². The van der Waals surface area contributed by atoms with Gasteiger partial charge in [0, 0.05) is 17.2 Å². The fourth-order valence-electron chi connectivity index (χ4n) is 9.53. The van der Waals surface area contributed by atoms with Gasteiger partial charge in [0.1, 0.15) is 0 Å². The number of rotatable bonds is 8. The molecule has 2 unspecified atom stereocenters. The average molecular weight is 759 g/mol. The zero-order valence-corrected chi connectivity index (χ0v) is 33.3. The number of anilines is 1. The van der Waals surface area contributed by atoms with Gasteiger partial charge in [-0.15, -0.1) is 0 Å². The van der Waals surface area contributed by atoms with Crippen LogP contribution in [0, 0.1) is 6.92 Å². The molecular formula is C57H46N2. The van der Waals surface area contributed by atoms with Crippen molar-refractivity contribution in [2.75, 3.05) is 5.73 Å². The van der Waals surface area contributed by atoms with E-state index in [9.17, 15) is 0 Å². The van der Waals surface area contributed by atoms with Crippen LogP contribution in [0.2, 0.25) is 0 Å². The second kappa shape index (κ2) is 15.1. The summed E-state index contributed by atoms with van der Waals surface area (Å²) in [6, 6.07) is 69.7. The molecule has 0 aromatic heterocycles. The molecule has 0 spiro atoms. The van der Waals surface area contributed by atoms with E-state index in [0.29, 0.717) is 5.69 Å². The Hall–Kier alpha value is -7.00. The first-order valence-corrected chi connectivity index (χ1v) is 20.7. The number of allylic oxidation sites excluding steroid dienone is 4. The second-order valence-electron chi connectivity index (χ2n) is 16.1. The van der Waals surface area contributed by atoms with Crippen molar-refractivity contribution in [3.63, 3.8) is 0 Å². The highest BCUT2D eigenvalue weighted by Crippen LogP contribution is 2.46. The van der Waals surface area contributed by atoms with Gasteiger partial charge in [0.05, 0.1) is 5.54 Å². The molecule has 284 valence electrons. The van der Waals surface area contributed by atoms with Crippen LogP contribution in [-0.2, 0) is 5.54 Å². The maximum Gasteiger partial charge on any atom is 0.0948 e. The summed E-state index contributed by atoms with van der Waals surface area (Å²) < 4.78 is 0. The van der Waals surface area contributed by atoms with Gasteiger partial charge >= 0.3 is 0 Å². The second-order valence-corrected chi connectivity index (χ2v) is 16.1. The molecule has 9 aromatic carbocycles. The zero-order chi connectivity index (χ0) is 39.9. The Bertz CT molecular complexity index is 3100. The average Bonchev–Trinajstić information content (AvgIpc) is 3.29. The molecule has 9 aromatic rings. The van der Waals surface area contributed by atoms with Gasteiger partial charge in [-0.2, -0.15) is 0 Å². The molecule has 0 heterocycles. The minimum absolute atomic E-state index is 0.0692. The Kier molecular flexibility index (Phi) is 9.28. The maximum atomic E-state index is 7.90. The number of hydrogen-bond donors (Lipinski definition) is 2. The molecule has 0 saturated heterocycles. The third kappa shape index (κ3) is 6.52. The molecule has 0 bridgehead atoms. The minimum Gasteiger partial charge on any atom is -0.398 e. The monoisotopic (exact) mass is 758 g/mol. The van der Waals surface area contributed by atoms with Gasteiger partial charge < -0.3 is 11.5 Å². The van der Waals surface area contributed by atoms with Crippen molar-refractivity contribution in [2.45, 2.75) is 31.2 Å². The first kappa shape index (κ1) is 36.3. The minimum atomic E-state index is -1.04. The van der Waals surface area contributed by atoms with E-state index in [1.807, 2.05) is 18.2 Å². The number of aryl methyl sites for hydroxylation is 1. The Morgan fingerprint density at radius 1 is 0.458 bits per heavy atom. The predicted molar refractivity (Wildman–Crippen MR) is 251 cm³/mol. The van der Waals surface area contributed by atoms with E-state index in [2.05, 4.69) is 195 Å². The van der Waals surface area contributed by atoms with E-state index < -0.39 is 5.54 Å². The lowest BCUT2D eigenvalue weighted by molar-refractivity contribution is 0.661. The molecule has 4 N–H and O–H groups in total. The molecule has 10 rings (SSSR count). The number of fused-ring (bicyclic) bond motifs is 3. The first-order valence-electron chi connectivity index (χ1n) is 20.7. The summed E-state index contributed by atoms with van der Waals surface area (Å²) in [4.78, 5) is 0. The van der Waals surface area contributed by atoms with E-state index in [1.165, 1.54) is 65.9 Å². The van der Waals surface area contributed by atoms with E-state index >= 15 is 0 Å². The third-order valence-corrected chi connectivity index (χ3v) is 12.7. The van der Waals surface area contributed by atoms with E-state index in [-0.39, 0.29) is 5.92 Å². The zero-order valence-electron chi connectivity index (χ0n) is 33.3. The largest absolute Gasteiger partial charge is 0.398 e. The van der Waals surface area contributed by atoms with E-state index in [1.54, 1.807) is 0 Å². The molecule has 0 fully saturated rings. The van der Waals surface area contributed by atoms with Crippen molar-refractivity contribution >= 4 is 43.6 Å². The Morgan fingerprint density at radius 3 is 1.75 bits per heavy atom. The Labute approximate surface area is 346 Å². The highest BCUT2D eigenvalue weighted by atomic mass is 14.8. The van der Waals surface area contributed by atoms with Crippen LogP contribution >= 0.6 is 0 Å². The van der Waals surface area contributed by atoms with Gasteiger partial charge in [0.15, 0.2) is 0 Å². The van der Waals surface area contributed by atoms with Gasteiger partial charge in [-0.25, -0.2) is 0 Å². The van der Waals surface area contributed by atoms with Gasteiger partial charge in [-0.05, 0) is 120 Å². The van der Waals surface area contributed by atoms with Gasteiger partial charge in [0.25, 0.3) is 0 Å². The van der Waals surface area contributed by atoms with E-state index in [0.717, 1.165) is 40.5 Å². The lowest BCUT2D eigenvalue weighted by atomic mass is 9.72. The first-order chi connectivity index (χ1) is 29.0. The highest BCUT2D eigenvalue weighted by Gasteiger charge is 2.36. The van der Waals surface area contributed by atoms with Gasteiger partial charge in [-0.1, -0.05) is 194 Å². The smallest absolute Gasteiger partial charge is 0.0948 e. The number of para-hydroxylation sites is 1. The summed E-state index contributed by atoms with van der Waals surface area (Å²) in [6.07, 6.45) is 6.70. The van der Waals surface area contributed by atoms with Gasteiger partial charge in [0.2, 0.25) is 0 Å². The number of benzene rings is 9. The summed E-state index contributed by atoms with van der Waals surface area (Å²) in [5, 5.41) is 7.32. The molecule has 2 heteroatoms. The van der Waals surface area contributed by atoms with Crippen molar-refractivity contribution in [3.05, 3.63) is 251 Å². The van der Waals surface area contributed by atoms with Crippen LogP contribution in [0.1, 0.15) is 57.7 Å². The van der Waals surface area contributed by atoms with Crippen molar-refractivity contribution in [3.8, 4) is 11.1 Å². The third-order valence-electron chi connectivity index (χ3n) is 12.7. The fourth-order valence-corrected chi connectivity index (χ4v) is 9.53. The molecule has 0 saturated carbocycles. The fraction of sp³-hybridized carbons (Fsp3) is 0.0877. The Morgan fingerprint density at radius 2 is 1.05 bits per heavy atom.